The highest BCUT2D eigenvalue weighted by Crippen LogP contribution is 2.26. The van der Waals surface area contributed by atoms with Gasteiger partial charge in [-0.3, -0.25) is 4.79 Å². The summed E-state index contributed by atoms with van der Waals surface area (Å²) in [7, 11) is 0. The zero-order valence-corrected chi connectivity index (χ0v) is 10.1. The minimum absolute atomic E-state index is 0.0532. The first-order valence-corrected chi connectivity index (χ1v) is 5.72. The summed E-state index contributed by atoms with van der Waals surface area (Å²) in [6.07, 6.45) is -1.04. The molecule has 1 unspecified atom stereocenters. The quantitative estimate of drug-likeness (QED) is 0.509. The first-order chi connectivity index (χ1) is 9.00. The van der Waals surface area contributed by atoms with Crippen LogP contribution >= 0.6 is 0 Å². The lowest BCUT2D eigenvalue weighted by Crippen LogP contribution is -2.48. The van der Waals surface area contributed by atoms with E-state index in [1.54, 1.807) is 6.07 Å². The molecule has 1 heterocycles. The van der Waals surface area contributed by atoms with Crippen molar-refractivity contribution in [3.8, 4) is 5.75 Å². The van der Waals surface area contributed by atoms with E-state index in [1.165, 1.54) is 17.0 Å². The minimum Gasteiger partial charge on any atom is -0.505 e. The average molecular weight is 266 g/mol. The number of carboxylic acids is 1. The summed E-state index contributed by atoms with van der Waals surface area (Å²) in [4.78, 5) is 24.4. The molecule has 7 nitrogen and oxygen atoms in total. The Labute approximate surface area is 109 Å². The number of carbonyl (C=O) groups is 2. The van der Waals surface area contributed by atoms with E-state index in [0.29, 0.717) is 0 Å². The Morgan fingerprint density at radius 2 is 2.16 bits per heavy atom. The summed E-state index contributed by atoms with van der Waals surface area (Å²) in [5.41, 5.74) is 5.69. The van der Waals surface area contributed by atoms with Crippen LogP contribution in [0.15, 0.2) is 18.2 Å². The number of para-hydroxylation sites is 1. The SMILES string of the molecule is Nc1cccc(C(=O)N2CCOC(C(=O)O)C2)c1O. The summed E-state index contributed by atoms with van der Waals surface area (Å²) in [5, 5.41) is 18.6. The molecule has 1 aliphatic heterocycles. The van der Waals surface area contributed by atoms with Gasteiger partial charge >= 0.3 is 5.97 Å². The molecular weight excluding hydrogens is 252 g/mol. The number of hydrogen-bond acceptors (Lipinski definition) is 5. The normalized spacial score (nSPS) is 19.2. The average Bonchev–Trinajstić information content (AvgIpc) is 2.41. The van der Waals surface area contributed by atoms with Gasteiger partial charge in [-0.05, 0) is 12.1 Å². The molecule has 0 spiro atoms. The smallest absolute Gasteiger partial charge is 0.334 e. The van der Waals surface area contributed by atoms with Gasteiger partial charge in [-0.15, -0.1) is 0 Å². The third kappa shape index (κ3) is 2.60. The predicted molar refractivity (Wildman–Crippen MR) is 65.8 cm³/mol. The fourth-order valence-corrected chi connectivity index (χ4v) is 1.89. The van der Waals surface area contributed by atoms with Crippen LogP contribution < -0.4 is 5.73 Å². The molecule has 1 fully saturated rings. The number of carbonyl (C=O) groups excluding carboxylic acids is 1. The van der Waals surface area contributed by atoms with Crippen LogP contribution in [0, 0.1) is 0 Å². The second kappa shape index (κ2) is 5.15. The maximum absolute atomic E-state index is 12.2. The largest absolute Gasteiger partial charge is 0.505 e. The lowest BCUT2D eigenvalue weighted by Gasteiger charge is -2.31. The number of rotatable bonds is 2. The summed E-state index contributed by atoms with van der Waals surface area (Å²) in [6, 6.07) is 4.47. The van der Waals surface area contributed by atoms with Crippen molar-refractivity contribution in [2.24, 2.45) is 0 Å². The topological polar surface area (TPSA) is 113 Å². The number of hydrogen-bond donors (Lipinski definition) is 3. The first-order valence-electron chi connectivity index (χ1n) is 5.72. The number of aromatic hydroxyl groups is 1. The number of nitrogen functional groups attached to an aromatic ring is 1. The number of amides is 1. The van der Waals surface area contributed by atoms with Crippen molar-refractivity contribution in [3.63, 3.8) is 0 Å². The lowest BCUT2D eigenvalue weighted by atomic mass is 10.1. The molecule has 1 amide bonds. The molecule has 1 saturated heterocycles. The lowest BCUT2D eigenvalue weighted by molar-refractivity contribution is -0.154. The van der Waals surface area contributed by atoms with E-state index in [-0.39, 0.29) is 36.7 Å². The molecule has 19 heavy (non-hydrogen) atoms. The summed E-state index contributed by atoms with van der Waals surface area (Å²) < 4.78 is 5.03. The van der Waals surface area contributed by atoms with Crippen molar-refractivity contribution in [3.05, 3.63) is 23.8 Å². The molecule has 2 rings (SSSR count). The van der Waals surface area contributed by atoms with E-state index in [9.17, 15) is 14.7 Å². The standard InChI is InChI=1S/C12H14N2O5/c13-8-3-1-2-7(10(8)15)11(16)14-4-5-19-9(6-14)12(17)18/h1-3,9,15H,4-6,13H2,(H,17,18). The number of aliphatic carboxylic acids is 1. The number of nitrogens with zero attached hydrogens (tertiary/aromatic N) is 1. The van der Waals surface area contributed by atoms with E-state index in [0.717, 1.165) is 0 Å². The molecule has 0 radical (unpaired) electrons. The number of phenolic OH excluding ortho intramolecular Hbond substituents is 1. The van der Waals surface area contributed by atoms with Gasteiger partial charge in [0.15, 0.2) is 11.9 Å². The second-order valence-electron chi connectivity index (χ2n) is 4.19. The van der Waals surface area contributed by atoms with E-state index in [4.69, 9.17) is 15.6 Å². The van der Waals surface area contributed by atoms with Crippen molar-refractivity contribution in [2.45, 2.75) is 6.10 Å². The van der Waals surface area contributed by atoms with Gasteiger partial charge in [0.2, 0.25) is 0 Å². The molecular formula is C12H14N2O5. The Bertz CT molecular complexity index is 517. The van der Waals surface area contributed by atoms with E-state index in [2.05, 4.69) is 0 Å². The minimum atomic E-state index is -1.12. The number of phenols is 1. The molecule has 4 N–H and O–H groups in total. The van der Waals surface area contributed by atoms with Gasteiger partial charge in [0.25, 0.3) is 5.91 Å². The van der Waals surface area contributed by atoms with Gasteiger partial charge in [0.05, 0.1) is 24.4 Å². The van der Waals surface area contributed by atoms with Gasteiger partial charge in [-0.25, -0.2) is 4.79 Å². The van der Waals surface area contributed by atoms with Crippen molar-refractivity contribution in [1.29, 1.82) is 0 Å². The fraction of sp³-hybridized carbons (Fsp3) is 0.333. The molecule has 0 aromatic heterocycles. The number of carboxylic acid groups (broad SMARTS) is 1. The number of morpholine rings is 1. The van der Waals surface area contributed by atoms with Crippen molar-refractivity contribution in [1.82, 2.24) is 4.90 Å². The van der Waals surface area contributed by atoms with Gasteiger partial charge in [0.1, 0.15) is 0 Å². The molecule has 102 valence electrons. The maximum atomic E-state index is 12.2. The monoisotopic (exact) mass is 266 g/mol. The van der Waals surface area contributed by atoms with Crippen LogP contribution in [0.3, 0.4) is 0 Å². The molecule has 1 aromatic carbocycles. The Hall–Kier alpha value is -2.28. The number of benzene rings is 1. The number of anilines is 1. The Balaban J connectivity index is 2.19. The number of ether oxygens (including phenoxy) is 1. The third-order valence-corrected chi connectivity index (χ3v) is 2.93. The fourth-order valence-electron chi connectivity index (χ4n) is 1.89. The maximum Gasteiger partial charge on any atom is 0.334 e. The van der Waals surface area contributed by atoms with Crippen LogP contribution in [-0.2, 0) is 9.53 Å². The summed E-state index contributed by atoms with van der Waals surface area (Å²) in [5.74, 6) is -1.86. The zero-order valence-electron chi connectivity index (χ0n) is 10.1. The molecule has 0 saturated carbocycles. The highest BCUT2D eigenvalue weighted by atomic mass is 16.5. The molecule has 1 atom stereocenters. The zero-order chi connectivity index (χ0) is 14.0. The van der Waals surface area contributed by atoms with Crippen molar-refractivity contribution < 1.29 is 24.5 Å². The number of nitrogens with two attached hydrogens (primary N) is 1. The Morgan fingerprint density at radius 3 is 2.84 bits per heavy atom. The van der Waals surface area contributed by atoms with Crippen LogP contribution in [0.1, 0.15) is 10.4 Å². The van der Waals surface area contributed by atoms with Crippen molar-refractivity contribution >= 4 is 17.6 Å². The van der Waals surface area contributed by atoms with Gasteiger partial charge in [-0.1, -0.05) is 6.07 Å². The first kappa shape index (κ1) is 13.2. The van der Waals surface area contributed by atoms with Crippen LogP contribution in [0.5, 0.6) is 5.75 Å². The Kier molecular flexibility index (Phi) is 3.57. The van der Waals surface area contributed by atoms with Crippen LogP contribution in [0.2, 0.25) is 0 Å². The third-order valence-electron chi connectivity index (χ3n) is 2.93. The van der Waals surface area contributed by atoms with Crippen LogP contribution in [0.25, 0.3) is 0 Å². The van der Waals surface area contributed by atoms with Gasteiger partial charge in [0, 0.05) is 6.54 Å². The summed E-state index contributed by atoms with van der Waals surface area (Å²) >= 11 is 0. The van der Waals surface area contributed by atoms with Crippen molar-refractivity contribution in [2.75, 3.05) is 25.4 Å². The molecule has 0 aliphatic carbocycles. The van der Waals surface area contributed by atoms with E-state index >= 15 is 0 Å². The van der Waals surface area contributed by atoms with Crippen LogP contribution in [-0.4, -0.2) is 52.8 Å². The highest BCUT2D eigenvalue weighted by molar-refractivity contribution is 5.98. The molecule has 1 aromatic rings. The molecule has 7 heteroatoms. The molecule has 1 aliphatic rings. The van der Waals surface area contributed by atoms with Crippen LogP contribution in [0.4, 0.5) is 5.69 Å². The second-order valence-corrected chi connectivity index (χ2v) is 4.19. The van der Waals surface area contributed by atoms with Gasteiger partial charge in [-0.2, -0.15) is 0 Å². The Morgan fingerprint density at radius 1 is 1.42 bits per heavy atom. The van der Waals surface area contributed by atoms with E-state index in [1.807, 2.05) is 0 Å². The highest BCUT2D eigenvalue weighted by Gasteiger charge is 2.30. The summed E-state index contributed by atoms with van der Waals surface area (Å²) in [6.45, 7) is 0.366. The van der Waals surface area contributed by atoms with E-state index < -0.39 is 18.0 Å². The predicted octanol–water partition coefficient (Wildman–Crippen LogP) is -0.100. The van der Waals surface area contributed by atoms with Gasteiger partial charge < -0.3 is 25.6 Å². The molecule has 0 bridgehead atoms.